The summed E-state index contributed by atoms with van der Waals surface area (Å²) in [6.45, 7) is 2.04. The van der Waals surface area contributed by atoms with Crippen LogP contribution in [-0.2, 0) is 9.53 Å². The number of ether oxygens (including phenoxy) is 4. The summed E-state index contributed by atoms with van der Waals surface area (Å²) >= 11 is 0. The molecule has 3 aromatic carbocycles. The Bertz CT molecular complexity index is 1460. The molecule has 1 N–H and O–H groups in total. The van der Waals surface area contributed by atoms with Gasteiger partial charge in [-0.2, -0.15) is 0 Å². The van der Waals surface area contributed by atoms with Crippen molar-refractivity contribution in [3.05, 3.63) is 83.4 Å². The van der Waals surface area contributed by atoms with Crippen molar-refractivity contribution in [2.45, 2.75) is 13.0 Å². The minimum absolute atomic E-state index is 0.244. The number of carbonyl (C=O) groups excluding carboxylic acids is 1. The largest absolute Gasteiger partial charge is 0.497 e. The van der Waals surface area contributed by atoms with Crippen molar-refractivity contribution in [2.24, 2.45) is 0 Å². The van der Waals surface area contributed by atoms with E-state index < -0.39 is 12.0 Å². The van der Waals surface area contributed by atoms with E-state index in [4.69, 9.17) is 23.9 Å². The molecule has 2 heterocycles. The van der Waals surface area contributed by atoms with Gasteiger partial charge in [0.1, 0.15) is 5.75 Å². The Morgan fingerprint density at radius 3 is 2.39 bits per heavy atom. The third kappa shape index (κ3) is 3.90. The van der Waals surface area contributed by atoms with Gasteiger partial charge in [-0.1, -0.05) is 18.2 Å². The van der Waals surface area contributed by atoms with Crippen LogP contribution in [0.15, 0.2) is 72.3 Å². The SMILES string of the molecule is CCOC(=O)C1=C(c2ccc(OC)cc2)Nc2nc3ccccc3n2[C@@H]1c1ccc(OC)c(OC)c1. The molecule has 1 atom stereocenters. The molecule has 0 radical (unpaired) electrons. The first-order chi connectivity index (χ1) is 17.6. The number of methoxy groups -OCH3 is 3. The predicted molar refractivity (Wildman–Crippen MR) is 138 cm³/mol. The second-order valence-electron chi connectivity index (χ2n) is 8.17. The summed E-state index contributed by atoms with van der Waals surface area (Å²) in [6, 6.07) is 20.5. The summed E-state index contributed by atoms with van der Waals surface area (Å²) in [5, 5.41) is 3.41. The molecular weight excluding hydrogens is 458 g/mol. The second-order valence-corrected chi connectivity index (χ2v) is 8.17. The highest BCUT2D eigenvalue weighted by Crippen LogP contribution is 2.44. The fourth-order valence-electron chi connectivity index (χ4n) is 4.59. The zero-order chi connectivity index (χ0) is 25.2. The maximum absolute atomic E-state index is 13.6. The van der Waals surface area contributed by atoms with E-state index in [0.717, 1.165) is 27.9 Å². The Hall–Kier alpha value is -4.46. The smallest absolute Gasteiger partial charge is 0.338 e. The topological polar surface area (TPSA) is 83.8 Å². The number of hydrogen-bond acceptors (Lipinski definition) is 7. The molecule has 5 rings (SSSR count). The third-order valence-corrected chi connectivity index (χ3v) is 6.23. The van der Waals surface area contributed by atoms with Crippen molar-refractivity contribution in [1.29, 1.82) is 0 Å². The Morgan fingerprint density at radius 1 is 0.944 bits per heavy atom. The van der Waals surface area contributed by atoms with Crippen molar-refractivity contribution >= 4 is 28.6 Å². The van der Waals surface area contributed by atoms with E-state index in [-0.39, 0.29) is 6.61 Å². The third-order valence-electron chi connectivity index (χ3n) is 6.23. The quantitative estimate of drug-likeness (QED) is 0.367. The predicted octanol–water partition coefficient (Wildman–Crippen LogP) is 5.05. The van der Waals surface area contributed by atoms with Crippen LogP contribution < -0.4 is 19.5 Å². The van der Waals surface area contributed by atoms with Crippen molar-refractivity contribution < 1.29 is 23.7 Å². The normalized spacial score (nSPS) is 14.7. The molecule has 1 aliphatic heterocycles. The minimum Gasteiger partial charge on any atom is -0.497 e. The van der Waals surface area contributed by atoms with E-state index in [1.165, 1.54) is 0 Å². The van der Waals surface area contributed by atoms with Gasteiger partial charge in [0, 0.05) is 0 Å². The lowest BCUT2D eigenvalue weighted by Gasteiger charge is -2.31. The van der Waals surface area contributed by atoms with Crippen LogP contribution in [0.5, 0.6) is 17.2 Å². The molecule has 0 spiro atoms. The number of benzene rings is 3. The molecule has 0 bridgehead atoms. The summed E-state index contributed by atoms with van der Waals surface area (Å²) in [5.41, 5.74) is 4.42. The van der Waals surface area contributed by atoms with Crippen molar-refractivity contribution in [3.63, 3.8) is 0 Å². The van der Waals surface area contributed by atoms with Crippen molar-refractivity contribution in [3.8, 4) is 17.2 Å². The zero-order valence-corrected chi connectivity index (χ0v) is 20.6. The molecule has 0 amide bonds. The van der Waals surface area contributed by atoms with E-state index in [1.807, 2.05) is 71.3 Å². The Balaban J connectivity index is 1.81. The number of imidazole rings is 1. The first-order valence-corrected chi connectivity index (χ1v) is 11.6. The molecule has 184 valence electrons. The molecule has 1 aromatic heterocycles. The average molecular weight is 486 g/mol. The van der Waals surface area contributed by atoms with Gasteiger partial charge in [0.15, 0.2) is 11.5 Å². The van der Waals surface area contributed by atoms with Crippen LogP contribution in [0.4, 0.5) is 5.95 Å². The van der Waals surface area contributed by atoms with Gasteiger partial charge >= 0.3 is 5.97 Å². The molecular formula is C28H27N3O5. The number of esters is 1. The number of aromatic nitrogens is 2. The molecule has 8 heteroatoms. The Morgan fingerprint density at radius 2 is 1.69 bits per heavy atom. The average Bonchev–Trinajstić information content (AvgIpc) is 3.30. The maximum Gasteiger partial charge on any atom is 0.338 e. The number of anilines is 1. The molecule has 8 nitrogen and oxygen atoms in total. The molecule has 0 unspecified atom stereocenters. The number of para-hydroxylation sites is 2. The van der Waals surface area contributed by atoms with Crippen LogP contribution in [0.25, 0.3) is 16.7 Å². The highest BCUT2D eigenvalue weighted by Gasteiger charge is 2.37. The second kappa shape index (κ2) is 9.65. The molecule has 0 aliphatic carbocycles. The molecule has 0 saturated heterocycles. The number of nitrogens with zero attached hydrogens (tertiary/aromatic N) is 2. The fourth-order valence-corrected chi connectivity index (χ4v) is 4.59. The fraction of sp³-hybridized carbons (Fsp3) is 0.214. The summed E-state index contributed by atoms with van der Waals surface area (Å²) < 4.78 is 24.0. The Labute approximate surface area is 209 Å². The van der Waals surface area contributed by atoms with Gasteiger partial charge in [-0.3, -0.25) is 4.57 Å². The Kier molecular flexibility index (Phi) is 6.25. The summed E-state index contributed by atoms with van der Waals surface area (Å²) in [7, 11) is 4.80. The van der Waals surface area contributed by atoms with Gasteiger partial charge in [0.25, 0.3) is 0 Å². The van der Waals surface area contributed by atoms with Gasteiger partial charge in [-0.15, -0.1) is 0 Å². The van der Waals surface area contributed by atoms with E-state index in [1.54, 1.807) is 28.3 Å². The summed E-state index contributed by atoms with van der Waals surface area (Å²) in [6.07, 6.45) is 0. The van der Waals surface area contributed by atoms with E-state index in [0.29, 0.717) is 28.7 Å². The molecule has 4 aromatic rings. The van der Waals surface area contributed by atoms with Crippen LogP contribution >= 0.6 is 0 Å². The van der Waals surface area contributed by atoms with Crippen LogP contribution in [0.2, 0.25) is 0 Å². The maximum atomic E-state index is 13.6. The number of fused-ring (bicyclic) bond motifs is 3. The van der Waals surface area contributed by atoms with Gasteiger partial charge in [-0.05, 0) is 66.6 Å². The van der Waals surface area contributed by atoms with Crippen LogP contribution in [0.3, 0.4) is 0 Å². The van der Waals surface area contributed by atoms with E-state index in [2.05, 4.69) is 5.32 Å². The van der Waals surface area contributed by atoms with Gasteiger partial charge in [0.05, 0.1) is 56.3 Å². The number of hydrogen-bond donors (Lipinski definition) is 1. The van der Waals surface area contributed by atoms with Crippen molar-refractivity contribution in [1.82, 2.24) is 9.55 Å². The highest BCUT2D eigenvalue weighted by molar-refractivity contribution is 6.03. The van der Waals surface area contributed by atoms with Crippen LogP contribution in [0.1, 0.15) is 24.1 Å². The number of carbonyl (C=O) groups is 1. The van der Waals surface area contributed by atoms with Crippen LogP contribution in [0, 0.1) is 0 Å². The van der Waals surface area contributed by atoms with Crippen LogP contribution in [-0.4, -0.2) is 43.5 Å². The van der Waals surface area contributed by atoms with Crippen molar-refractivity contribution in [2.75, 3.05) is 33.3 Å². The lowest BCUT2D eigenvalue weighted by Crippen LogP contribution is -2.29. The van der Waals surface area contributed by atoms with Gasteiger partial charge in [0.2, 0.25) is 5.95 Å². The van der Waals surface area contributed by atoms with E-state index in [9.17, 15) is 4.79 Å². The highest BCUT2D eigenvalue weighted by atomic mass is 16.5. The van der Waals surface area contributed by atoms with Gasteiger partial charge in [-0.25, -0.2) is 9.78 Å². The molecule has 36 heavy (non-hydrogen) atoms. The monoisotopic (exact) mass is 485 g/mol. The number of nitrogens with one attached hydrogen (secondary N) is 1. The number of rotatable bonds is 7. The zero-order valence-electron chi connectivity index (χ0n) is 20.6. The lowest BCUT2D eigenvalue weighted by molar-refractivity contribution is -0.138. The first-order valence-electron chi connectivity index (χ1n) is 11.6. The molecule has 1 aliphatic rings. The molecule has 0 fully saturated rings. The summed E-state index contributed by atoms with van der Waals surface area (Å²) in [5.74, 6) is 2.09. The standard InChI is InChI=1S/C28H27N3O5/c1-5-36-27(32)24-25(17-10-13-19(33-2)14-11-17)30-28-29-20-8-6-7-9-21(20)31(28)26(24)18-12-15-22(34-3)23(16-18)35-4/h6-16,26H,5H2,1-4H3,(H,29,30)/t26-/m1/s1. The minimum atomic E-state index is -0.537. The van der Waals surface area contributed by atoms with Gasteiger partial charge < -0.3 is 24.3 Å². The lowest BCUT2D eigenvalue weighted by atomic mass is 9.92. The molecule has 0 saturated carbocycles. The summed E-state index contributed by atoms with van der Waals surface area (Å²) in [4.78, 5) is 18.4. The van der Waals surface area contributed by atoms with E-state index >= 15 is 0 Å². The first kappa shape index (κ1) is 23.3.